The van der Waals surface area contributed by atoms with Crippen LogP contribution < -0.4 is 0 Å². The lowest BCUT2D eigenvalue weighted by Crippen LogP contribution is -1.93. The first-order valence-electron chi connectivity index (χ1n) is 12.6. The highest BCUT2D eigenvalue weighted by Crippen LogP contribution is 2.41. The number of hydrogen-bond donors (Lipinski definition) is 0. The second kappa shape index (κ2) is 8.96. The summed E-state index contributed by atoms with van der Waals surface area (Å²) in [5.74, 6) is 0. The second-order valence-electron chi connectivity index (χ2n) is 9.34. The minimum absolute atomic E-state index is 0.514. The molecule has 0 aliphatic heterocycles. The molecule has 38 heavy (non-hydrogen) atoms. The van der Waals surface area contributed by atoms with Gasteiger partial charge in [0, 0.05) is 23.5 Å². The summed E-state index contributed by atoms with van der Waals surface area (Å²) in [5, 5.41) is 16.8. The van der Waals surface area contributed by atoms with Crippen LogP contribution in [-0.4, -0.2) is 9.97 Å². The number of nitrogens with zero attached hydrogens (tertiary/aromatic N) is 3. The second-order valence-corrected chi connectivity index (χ2v) is 9.34. The van der Waals surface area contributed by atoms with Crippen molar-refractivity contribution in [1.82, 2.24) is 9.97 Å². The SMILES string of the molecule is N#Cc1cnccc1-c1cccc(-c2cc3c4ccccc4c(-c4ccccc4)cc3c3ccccc23)n1. The van der Waals surface area contributed by atoms with Crippen LogP contribution in [0.2, 0.25) is 0 Å². The standard InChI is InChI=1S/C35H21N3/c36-21-24-22-37-18-17-25(24)34-15-8-16-35(38-34)33-20-32-27-12-5-4-11-26(27)30(23-9-2-1-3-10-23)19-31(32)28-13-6-7-14-29(28)33/h1-20,22H. The molecule has 0 bridgehead atoms. The Morgan fingerprint density at radius 1 is 0.500 bits per heavy atom. The third-order valence-corrected chi connectivity index (χ3v) is 7.21. The molecule has 0 N–H and O–H groups in total. The summed E-state index contributed by atoms with van der Waals surface area (Å²) in [6.45, 7) is 0. The molecule has 7 rings (SSSR count). The molecule has 0 aliphatic rings. The molecular weight excluding hydrogens is 462 g/mol. The summed E-state index contributed by atoms with van der Waals surface area (Å²) < 4.78 is 0. The zero-order chi connectivity index (χ0) is 25.5. The predicted molar refractivity (Wildman–Crippen MR) is 156 cm³/mol. The highest BCUT2D eigenvalue weighted by Gasteiger charge is 2.15. The molecule has 0 saturated heterocycles. The molecule has 3 heteroatoms. The molecule has 0 radical (unpaired) electrons. The summed E-state index contributed by atoms with van der Waals surface area (Å²) in [6.07, 6.45) is 3.29. The van der Waals surface area contributed by atoms with Gasteiger partial charge in [-0.3, -0.25) is 4.98 Å². The van der Waals surface area contributed by atoms with Gasteiger partial charge in [0.2, 0.25) is 0 Å². The van der Waals surface area contributed by atoms with E-state index in [1.54, 1.807) is 12.4 Å². The molecule has 0 spiro atoms. The Balaban J connectivity index is 1.55. The average Bonchev–Trinajstić information content (AvgIpc) is 3.00. The summed E-state index contributed by atoms with van der Waals surface area (Å²) in [6, 6.07) is 42.5. The van der Waals surface area contributed by atoms with Gasteiger partial charge in [0.15, 0.2) is 0 Å². The van der Waals surface area contributed by atoms with E-state index in [1.807, 2.05) is 24.3 Å². The van der Waals surface area contributed by atoms with Gasteiger partial charge in [-0.1, -0.05) is 84.9 Å². The topological polar surface area (TPSA) is 49.6 Å². The highest BCUT2D eigenvalue weighted by molar-refractivity contribution is 6.23. The monoisotopic (exact) mass is 483 g/mol. The average molecular weight is 484 g/mol. The molecule has 2 aromatic heterocycles. The first-order chi connectivity index (χ1) is 18.8. The molecule has 176 valence electrons. The van der Waals surface area contributed by atoms with E-state index in [4.69, 9.17) is 4.98 Å². The molecule has 5 aromatic carbocycles. The molecule has 0 atom stereocenters. The fourth-order valence-corrected chi connectivity index (χ4v) is 5.46. The summed E-state index contributed by atoms with van der Waals surface area (Å²) in [5.41, 5.74) is 6.44. The van der Waals surface area contributed by atoms with Crippen molar-refractivity contribution < 1.29 is 0 Å². The van der Waals surface area contributed by atoms with Gasteiger partial charge in [-0.05, 0) is 73.8 Å². The number of hydrogen-bond acceptors (Lipinski definition) is 3. The van der Waals surface area contributed by atoms with Crippen LogP contribution in [-0.2, 0) is 0 Å². The van der Waals surface area contributed by atoms with Crippen molar-refractivity contribution in [2.75, 3.05) is 0 Å². The molecule has 0 saturated carbocycles. The van der Waals surface area contributed by atoms with Gasteiger partial charge >= 0.3 is 0 Å². The van der Waals surface area contributed by atoms with Gasteiger partial charge in [0.1, 0.15) is 6.07 Å². The zero-order valence-corrected chi connectivity index (χ0v) is 20.5. The Kier molecular flexibility index (Phi) is 5.17. The van der Waals surface area contributed by atoms with E-state index in [2.05, 4.69) is 102 Å². The lowest BCUT2D eigenvalue weighted by Gasteiger charge is -2.16. The lowest BCUT2D eigenvalue weighted by atomic mass is 9.88. The Morgan fingerprint density at radius 2 is 1.08 bits per heavy atom. The van der Waals surface area contributed by atoms with E-state index in [0.717, 1.165) is 27.9 Å². The molecule has 0 fully saturated rings. The van der Waals surface area contributed by atoms with E-state index in [9.17, 15) is 5.26 Å². The first-order valence-corrected chi connectivity index (χ1v) is 12.6. The number of pyridine rings is 2. The Labute approximate surface area is 220 Å². The van der Waals surface area contributed by atoms with Crippen molar-refractivity contribution >= 4 is 32.3 Å². The zero-order valence-electron chi connectivity index (χ0n) is 20.5. The van der Waals surface area contributed by atoms with Crippen molar-refractivity contribution in [2.24, 2.45) is 0 Å². The maximum Gasteiger partial charge on any atom is 0.101 e. The Bertz CT molecular complexity index is 2040. The van der Waals surface area contributed by atoms with E-state index in [-0.39, 0.29) is 0 Å². The van der Waals surface area contributed by atoms with E-state index >= 15 is 0 Å². The molecule has 0 unspecified atom stereocenters. The predicted octanol–water partition coefficient (Wildman–Crippen LogP) is 8.81. The number of aromatic nitrogens is 2. The summed E-state index contributed by atoms with van der Waals surface area (Å²) in [7, 11) is 0. The van der Waals surface area contributed by atoms with Crippen LogP contribution in [0.3, 0.4) is 0 Å². The molecule has 7 aromatic rings. The van der Waals surface area contributed by atoms with E-state index in [0.29, 0.717) is 5.56 Å². The molecule has 3 nitrogen and oxygen atoms in total. The third kappa shape index (κ3) is 3.51. The van der Waals surface area contributed by atoms with Gasteiger partial charge in [-0.15, -0.1) is 0 Å². The number of nitriles is 1. The summed E-state index contributed by atoms with van der Waals surface area (Å²) in [4.78, 5) is 9.15. The van der Waals surface area contributed by atoms with Gasteiger partial charge < -0.3 is 0 Å². The van der Waals surface area contributed by atoms with Crippen molar-refractivity contribution in [2.45, 2.75) is 0 Å². The van der Waals surface area contributed by atoms with Crippen molar-refractivity contribution in [1.29, 1.82) is 5.26 Å². The van der Waals surface area contributed by atoms with Crippen LogP contribution in [0.4, 0.5) is 0 Å². The molecule has 0 aliphatic carbocycles. The molecule has 2 heterocycles. The van der Waals surface area contributed by atoms with Crippen molar-refractivity contribution in [3.63, 3.8) is 0 Å². The summed E-state index contributed by atoms with van der Waals surface area (Å²) >= 11 is 0. The Hall–Kier alpha value is -5.33. The van der Waals surface area contributed by atoms with Crippen molar-refractivity contribution in [3.05, 3.63) is 133 Å². The normalized spacial score (nSPS) is 11.1. The Morgan fingerprint density at radius 3 is 1.76 bits per heavy atom. The van der Waals surface area contributed by atoms with Gasteiger partial charge in [0.25, 0.3) is 0 Å². The van der Waals surface area contributed by atoms with Crippen LogP contribution >= 0.6 is 0 Å². The smallest absolute Gasteiger partial charge is 0.101 e. The third-order valence-electron chi connectivity index (χ3n) is 7.21. The van der Waals surface area contributed by atoms with Crippen molar-refractivity contribution in [3.8, 4) is 39.7 Å². The maximum absolute atomic E-state index is 9.61. The highest BCUT2D eigenvalue weighted by atomic mass is 14.7. The maximum atomic E-state index is 9.61. The fraction of sp³-hybridized carbons (Fsp3) is 0. The van der Waals surface area contributed by atoms with Crippen LogP contribution in [0, 0.1) is 11.3 Å². The molecular formula is C35H21N3. The van der Waals surface area contributed by atoms with Gasteiger partial charge in [-0.2, -0.15) is 5.26 Å². The quantitative estimate of drug-likeness (QED) is 0.236. The van der Waals surface area contributed by atoms with E-state index < -0.39 is 0 Å². The largest absolute Gasteiger partial charge is 0.263 e. The van der Waals surface area contributed by atoms with Gasteiger partial charge in [0.05, 0.1) is 17.0 Å². The van der Waals surface area contributed by atoms with Crippen LogP contribution in [0.25, 0.3) is 66.0 Å². The van der Waals surface area contributed by atoms with Gasteiger partial charge in [-0.25, -0.2) is 4.98 Å². The van der Waals surface area contributed by atoms with Crippen LogP contribution in [0.5, 0.6) is 0 Å². The fourth-order valence-electron chi connectivity index (χ4n) is 5.46. The minimum Gasteiger partial charge on any atom is -0.263 e. The minimum atomic E-state index is 0.514. The number of fused-ring (bicyclic) bond motifs is 5. The lowest BCUT2D eigenvalue weighted by molar-refractivity contribution is 1.27. The number of benzene rings is 5. The molecule has 0 amide bonds. The van der Waals surface area contributed by atoms with E-state index in [1.165, 1.54) is 38.1 Å². The number of rotatable bonds is 3. The first kappa shape index (κ1) is 21.9. The van der Waals surface area contributed by atoms with Crippen LogP contribution in [0.1, 0.15) is 5.56 Å². The van der Waals surface area contributed by atoms with Crippen LogP contribution in [0.15, 0.2) is 128 Å².